The average Bonchev–Trinajstić information content (AvgIpc) is 2.84. The third-order valence-electron chi connectivity index (χ3n) is 1.60. The maximum Gasteiger partial charge on any atom is 4.00 e. The molecule has 76 valence electrons. The van der Waals surface area contributed by atoms with Crippen molar-refractivity contribution in [2.75, 3.05) is 0 Å². The Morgan fingerprint density at radius 2 is 1.21 bits per heavy atom. The first kappa shape index (κ1) is 18.7. The van der Waals surface area contributed by atoms with Crippen LogP contribution in [0.5, 0.6) is 0 Å². The summed E-state index contributed by atoms with van der Waals surface area (Å²) in [6.45, 7) is 9.75. The predicted molar refractivity (Wildman–Crippen MR) is 49.9 cm³/mol. The number of hydrogen-bond donors (Lipinski definition) is 0. The van der Waals surface area contributed by atoms with Crippen LogP contribution < -0.4 is 0 Å². The molecule has 1 saturated carbocycles. The molecule has 0 aromatic rings. The van der Waals surface area contributed by atoms with E-state index in [0.29, 0.717) is 5.41 Å². The molecular formula is C10H10FeO3. The zero-order valence-electron chi connectivity index (χ0n) is 7.40. The summed E-state index contributed by atoms with van der Waals surface area (Å²) >= 11 is 0. The second-order valence-corrected chi connectivity index (χ2v) is 2.24. The third-order valence-corrected chi connectivity index (χ3v) is 1.60. The first-order valence-corrected chi connectivity index (χ1v) is 3.33. The van der Waals surface area contributed by atoms with Crippen molar-refractivity contribution in [3.8, 4) is 0 Å². The van der Waals surface area contributed by atoms with Crippen molar-refractivity contribution >= 4 is 20.4 Å². The summed E-state index contributed by atoms with van der Waals surface area (Å²) in [7, 11) is 0. The first-order chi connectivity index (χ1) is 6.41. The van der Waals surface area contributed by atoms with Crippen LogP contribution in [0, 0.1) is 11.8 Å². The summed E-state index contributed by atoms with van der Waals surface area (Å²) in [6, 6.07) is 0. The van der Waals surface area contributed by atoms with E-state index in [0.717, 1.165) is 0 Å². The molecule has 0 unspecified atom stereocenters. The Bertz CT molecular complexity index is 167. The Morgan fingerprint density at radius 3 is 1.36 bits per heavy atom. The van der Waals surface area contributed by atoms with E-state index in [1.807, 2.05) is 0 Å². The minimum atomic E-state index is 0. The first-order valence-electron chi connectivity index (χ1n) is 3.33. The van der Waals surface area contributed by atoms with Crippen LogP contribution in [0.2, 0.25) is 0 Å². The Hall–Kier alpha value is -0.991. The van der Waals surface area contributed by atoms with Crippen LogP contribution in [0.4, 0.5) is 0 Å². The summed E-state index contributed by atoms with van der Waals surface area (Å²) in [5.41, 5.74) is 0.458. The largest absolute Gasteiger partial charge is 4.00 e. The summed E-state index contributed by atoms with van der Waals surface area (Å²) in [6.07, 6.45) is 12.3. The third kappa shape index (κ3) is 6.52. The minimum absolute atomic E-state index is 0. The van der Waals surface area contributed by atoms with E-state index in [1.165, 1.54) is 6.42 Å². The van der Waals surface area contributed by atoms with Crippen LogP contribution in [0.25, 0.3) is 0 Å². The summed E-state index contributed by atoms with van der Waals surface area (Å²) in [4.78, 5) is 23.2. The molecule has 0 amide bonds. The van der Waals surface area contributed by atoms with Gasteiger partial charge in [0.2, 0.25) is 0 Å². The Balaban J connectivity index is -0.000000153. The Labute approximate surface area is 94.7 Å². The average molecular weight is 234 g/mol. The van der Waals surface area contributed by atoms with Gasteiger partial charge in [0.15, 0.2) is 0 Å². The SMILES string of the molecule is C1=CC2(C=C1)[CH-]C2.[CH-]=O.[CH-]=O.[CH-]=O.[Fe+4]. The molecule has 0 saturated heterocycles. The zero-order valence-corrected chi connectivity index (χ0v) is 8.51. The molecule has 0 radical (unpaired) electrons. The second-order valence-electron chi connectivity index (χ2n) is 2.24. The van der Waals surface area contributed by atoms with Crippen molar-refractivity contribution in [1.82, 2.24) is 0 Å². The Morgan fingerprint density at radius 1 is 0.929 bits per heavy atom. The minimum Gasteiger partial charge on any atom is -0.545 e. The molecule has 2 rings (SSSR count). The molecule has 2 aliphatic carbocycles. The van der Waals surface area contributed by atoms with Gasteiger partial charge in [0.05, 0.1) is 0 Å². The molecule has 1 fully saturated rings. The number of allylic oxidation sites excluding steroid dienone is 4. The normalized spacial score (nSPS) is 15.7. The molecule has 0 atom stereocenters. The van der Waals surface area contributed by atoms with E-state index in [1.54, 1.807) is 0 Å². The molecule has 0 aromatic carbocycles. The molecule has 0 bridgehead atoms. The van der Waals surface area contributed by atoms with Gasteiger partial charge in [-0.2, -0.15) is 6.42 Å². The van der Waals surface area contributed by atoms with Gasteiger partial charge in [-0.1, -0.05) is 12.2 Å². The topological polar surface area (TPSA) is 51.2 Å². The molecule has 4 heteroatoms. The molecule has 14 heavy (non-hydrogen) atoms. The maximum atomic E-state index is 7.75. The molecule has 0 aliphatic heterocycles. The van der Waals surface area contributed by atoms with Crippen molar-refractivity contribution in [3.63, 3.8) is 0 Å². The fourth-order valence-corrected chi connectivity index (χ4v) is 0.915. The molecular weight excluding hydrogens is 224 g/mol. The number of rotatable bonds is 0. The fourth-order valence-electron chi connectivity index (χ4n) is 0.915. The van der Waals surface area contributed by atoms with Crippen LogP contribution in [-0.4, -0.2) is 20.4 Å². The monoisotopic (exact) mass is 234 g/mol. The van der Waals surface area contributed by atoms with Crippen LogP contribution >= 0.6 is 0 Å². The standard InChI is InChI=1S/C7H7.3CHO.Fe/c1-2-4-7(3-1)5-6-7;3*1-2;/h1-5H,6H2;3*1H;/q4*-1;+4. The van der Waals surface area contributed by atoms with E-state index >= 15 is 0 Å². The quantitative estimate of drug-likeness (QED) is 0.355. The van der Waals surface area contributed by atoms with Gasteiger partial charge >= 0.3 is 17.1 Å². The van der Waals surface area contributed by atoms with Crippen molar-refractivity contribution in [1.29, 1.82) is 0 Å². The van der Waals surface area contributed by atoms with Crippen molar-refractivity contribution in [2.45, 2.75) is 6.42 Å². The van der Waals surface area contributed by atoms with Crippen LogP contribution in [0.15, 0.2) is 24.3 Å². The van der Waals surface area contributed by atoms with E-state index in [2.05, 4.69) is 51.1 Å². The van der Waals surface area contributed by atoms with Gasteiger partial charge in [-0.05, 0) is 0 Å². The fraction of sp³-hybridized carbons (Fsp3) is 0.200. The van der Waals surface area contributed by atoms with Gasteiger partial charge in [0.1, 0.15) is 0 Å². The van der Waals surface area contributed by atoms with E-state index in [4.69, 9.17) is 14.4 Å². The molecule has 0 heterocycles. The van der Waals surface area contributed by atoms with Crippen molar-refractivity contribution < 1.29 is 31.5 Å². The molecule has 1 spiro atoms. The van der Waals surface area contributed by atoms with E-state index in [-0.39, 0.29) is 17.1 Å². The smallest absolute Gasteiger partial charge is 0.545 e. The van der Waals surface area contributed by atoms with E-state index < -0.39 is 0 Å². The van der Waals surface area contributed by atoms with Crippen LogP contribution in [-0.2, 0) is 31.5 Å². The zero-order chi connectivity index (χ0) is 10.7. The number of carbonyl (C=O) groups excluding carboxylic acids is 3. The molecule has 0 N–H and O–H groups in total. The molecule has 2 aliphatic rings. The van der Waals surface area contributed by atoms with E-state index in [9.17, 15) is 0 Å². The van der Waals surface area contributed by atoms with Gasteiger partial charge in [-0.25, -0.2) is 0 Å². The number of hydrogen-bond acceptors (Lipinski definition) is 3. The van der Waals surface area contributed by atoms with Gasteiger partial charge < -0.3 is 20.8 Å². The summed E-state index contributed by atoms with van der Waals surface area (Å²) in [5, 5.41) is 0. The Kier molecular flexibility index (Phi) is 16.1. The maximum absolute atomic E-state index is 7.75. The molecule has 3 nitrogen and oxygen atoms in total. The second kappa shape index (κ2) is 12.0. The van der Waals surface area contributed by atoms with Crippen LogP contribution in [0.3, 0.4) is 0 Å². The molecule has 0 aromatic heterocycles. The van der Waals surface area contributed by atoms with Gasteiger partial charge in [-0.15, -0.1) is 17.6 Å². The van der Waals surface area contributed by atoms with Gasteiger partial charge in [0.25, 0.3) is 0 Å². The summed E-state index contributed by atoms with van der Waals surface area (Å²) < 4.78 is 0. The van der Waals surface area contributed by atoms with Crippen molar-refractivity contribution in [3.05, 3.63) is 30.7 Å². The van der Waals surface area contributed by atoms with Gasteiger partial charge in [-0.3, -0.25) is 20.4 Å². The van der Waals surface area contributed by atoms with Crippen molar-refractivity contribution in [2.24, 2.45) is 5.41 Å². The van der Waals surface area contributed by atoms with Crippen LogP contribution in [0.1, 0.15) is 6.42 Å². The predicted octanol–water partition coefficient (Wildman–Crippen LogP) is 0.882. The summed E-state index contributed by atoms with van der Waals surface area (Å²) in [5.74, 6) is 0. The van der Waals surface area contributed by atoms with Gasteiger partial charge in [0, 0.05) is 0 Å².